The van der Waals surface area contributed by atoms with Crippen LogP contribution in [0.5, 0.6) is 5.88 Å². The lowest BCUT2D eigenvalue weighted by molar-refractivity contribution is 0.249. The summed E-state index contributed by atoms with van der Waals surface area (Å²) in [4.78, 5) is 21.1. The number of nitrogens with one attached hydrogen (secondary N) is 3. The summed E-state index contributed by atoms with van der Waals surface area (Å²) in [5.74, 6) is 0.506. The molecule has 1 aliphatic heterocycles. The molecule has 0 saturated heterocycles. The number of benzene rings is 1. The Hall–Kier alpha value is -4.21. The maximum Gasteiger partial charge on any atom is 0.320 e. The molecule has 34 heavy (non-hydrogen) atoms. The van der Waals surface area contributed by atoms with Crippen LogP contribution in [0.1, 0.15) is 24.1 Å². The van der Waals surface area contributed by atoms with Gasteiger partial charge in [-0.05, 0) is 43.0 Å². The summed E-state index contributed by atoms with van der Waals surface area (Å²) in [7, 11) is 1.82. The third-order valence-electron chi connectivity index (χ3n) is 5.86. The SMILES string of the molecule is Cc1c(-c2cc3cc(NC(=O)NC(C)c4cnn(C)c4)ncc3cc2F)cnc2c1NCCO2. The smallest absolute Gasteiger partial charge is 0.320 e. The van der Waals surface area contributed by atoms with Gasteiger partial charge in [0.2, 0.25) is 5.88 Å². The van der Waals surface area contributed by atoms with Crippen molar-refractivity contribution >= 4 is 28.3 Å². The van der Waals surface area contributed by atoms with Gasteiger partial charge in [-0.25, -0.2) is 19.2 Å². The van der Waals surface area contributed by atoms with Crippen LogP contribution in [-0.4, -0.2) is 38.9 Å². The molecule has 0 spiro atoms. The molecule has 1 aromatic carbocycles. The molecule has 1 unspecified atom stereocenters. The number of urea groups is 1. The van der Waals surface area contributed by atoms with Crippen molar-refractivity contribution in [2.75, 3.05) is 23.8 Å². The molecule has 4 aromatic rings. The lowest BCUT2D eigenvalue weighted by Crippen LogP contribution is -2.31. The summed E-state index contributed by atoms with van der Waals surface area (Å²) in [6.45, 7) is 4.99. The quantitative estimate of drug-likeness (QED) is 0.421. The highest BCUT2D eigenvalue weighted by Crippen LogP contribution is 2.37. The molecule has 3 N–H and O–H groups in total. The van der Waals surface area contributed by atoms with Crippen LogP contribution in [0.25, 0.3) is 21.9 Å². The number of fused-ring (bicyclic) bond motifs is 2. The zero-order chi connectivity index (χ0) is 23.8. The first-order valence-electron chi connectivity index (χ1n) is 10.9. The van der Waals surface area contributed by atoms with E-state index in [1.54, 1.807) is 29.2 Å². The van der Waals surface area contributed by atoms with Crippen LogP contribution < -0.4 is 20.7 Å². The highest BCUT2D eigenvalue weighted by atomic mass is 19.1. The molecule has 0 bridgehead atoms. The first kappa shape index (κ1) is 21.6. The van der Waals surface area contributed by atoms with Crippen molar-refractivity contribution in [1.29, 1.82) is 0 Å². The molecule has 0 fully saturated rings. The Kier molecular flexibility index (Phi) is 5.48. The van der Waals surface area contributed by atoms with Gasteiger partial charge in [-0.2, -0.15) is 5.10 Å². The molecule has 4 heterocycles. The first-order valence-corrected chi connectivity index (χ1v) is 10.9. The number of hydrogen-bond donors (Lipinski definition) is 3. The standard InChI is InChI=1S/C24H24FN7O2/c1-13-19(11-28-23-22(13)26-4-5-34-23)18-6-15-8-21(27-9-16(15)7-20(18)25)31-24(33)30-14(2)17-10-29-32(3)12-17/h6-12,14,26H,4-5H2,1-3H3,(H2,27,30,31,33). The second-order valence-corrected chi connectivity index (χ2v) is 8.27. The number of aromatic nitrogens is 4. The number of nitrogens with zero attached hydrogens (tertiary/aromatic N) is 4. The van der Waals surface area contributed by atoms with Gasteiger partial charge in [-0.3, -0.25) is 10.00 Å². The van der Waals surface area contributed by atoms with E-state index in [1.165, 1.54) is 12.3 Å². The number of pyridine rings is 2. The van der Waals surface area contributed by atoms with Gasteiger partial charge in [0.05, 0.1) is 12.2 Å². The molecule has 3 aromatic heterocycles. The number of hydrogen-bond acceptors (Lipinski definition) is 6. The van der Waals surface area contributed by atoms with E-state index in [-0.39, 0.29) is 11.9 Å². The number of carbonyl (C=O) groups excluding carboxylic acids is 1. The minimum absolute atomic E-state index is 0.230. The zero-order valence-electron chi connectivity index (χ0n) is 19.0. The molecule has 1 atom stereocenters. The lowest BCUT2D eigenvalue weighted by Gasteiger charge is -2.21. The topological polar surface area (TPSA) is 106 Å². The molecular formula is C24H24FN7O2. The van der Waals surface area contributed by atoms with Crippen LogP contribution in [-0.2, 0) is 7.05 Å². The van der Waals surface area contributed by atoms with Gasteiger partial charge < -0.3 is 15.4 Å². The molecule has 0 radical (unpaired) electrons. The summed E-state index contributed by atoms with van der Waals surface area (Å²) < 4.78 is 22.3. The summed E-state index contributed by atoms with van der Waals surface area (Å²) in [6, 6.07) is 4.27. The van der Waals surface area contributed by atoms with Crippen LogP contribution in [0.3, 0.4) is 0 Å². The fraction of sp³-hybridized carbons (Fsp3) is 0.250. The van der Waals surface area contributed by atoms with Crippen molar-refractivity contribution in [2.45, 2.75) is 19.9 Å². The molecule has 0 saturated carbocycles. The van der Waals surface area contributed by atoms with Gasteiger partial charge in [-0.1, -0.05) is 0 Å². The largest absolute Gasteiger partial charge is 0.474 e. The minimum atomic E-state index is -0.397. The van der Waals surface area contributed by atoms with E-state index in [1.807, 2.05) is 27.1 Å². The monoisotopic (exact) mass is 461 g/mol. The molecule has 0 aliphatic carbocycles. The van der Waals surface area contributed by atoms with Gasteiger partial charge in [0, 0.05) is 54.3 Å². The van der Waals surface area contributed by atoms with Crippen LogP contribution in [0, 0.1) is 12.7 Å². The van der Waals surface area contributed by atoms with E-state index in [4.69, 9.17) is 4.74 Å². The number of anilines is 2. The highest BCUT2D eigenvalue weighted by molar-refractivity contribution is 5.94. The maximum absolute atomic E-state index is 15.0. The van der Waals surface area contributed by atoms with Crippen molar-refractivity contribution in [3.05, 3.63) is 59.9 Å². The Balaban J connectivity index is 1.41. The summed E-state index contributed by atoms with van der Waals surface area (Å²) in [5, 5.41) is 14.4. The summed E-state index contributed by atoms with van der Waals surface area (Å²) in [6.07, 6.45) is 6.71. The van der Waals surface area contributed by atoms with Gasteiger partial charge in [-0.15, -0.1) is 0 Å². The highest BCUT2D eigenvalue weighted by Gasteiger charge is 2.19. The van der Waals surface area contributed by atoms with Gasteiger partial charge >= 0.3 is 6.03 Å². The molecule has 5 rings (SSSR count). The number of rotatable bonds is 4. The van der Waals surface area contributed by atoms with Crippen LogP contribution >= 0.6 is 0 Å². The predicted molar refractivity (Wildman–Crippen MR) is 127 cm³/mol. The average molecular weight is 462 g/mol. The fourth-order valence-corrected chi connectivity index (χ4v) is 4.03. The van der Waals surface area contributed by atoms with E-state index >= 15 is 4.39 Å². The summed E-state index contributed by atoms with van der Waals surface area (Å²) in [5.41, 5.74) is 3.61. The molecule has 10 heteroatoms. The van der Waals surface area contributed by atoms with Crippen molar-refractivity contribution in [3.63, 3.8) is 0 Å². The number of carbonyl (C=O) groups is 1. The zero-order valence-corrected chi connectivity index (χ0v) is 19.0. The second-order valence-electron chi connectivity index (χ2n) is 8.27. The number of aryl methyl sites for hydroxylation is 1. The average Bonchev–Trinajstić information content (AvgIpc) is 3.26. The van der Waals surface area contributed by atoms with Gasteiger partial charge in [0.1, 0.15) is 23.9 Å². The third kappa shape index (κ3) is 4.09. The summed E-state index contributed by atoms with van der Waals surface area (Å²) >= 11 is 0. The first-order chi connectivity index (χ1) is 16.4. The van der Waals surface area contributed by atoms with E-state index < -0.39 is 6.03 Å². The predicted octanol–water partition coefficient (Wildman–Crippen LogP) is 4.16. The molecule has 174 valence electrons. The van der Waals surface area contributed by atoms with Crippen molar-refractivity contribution in [2.24, 2.45) is 7.05 Å². The molecule has 1 aliphatic rings. The number of ether oxygens (including phenoxy) is 1. The number of amides is 2. The third-order valence-corrected chi connectivity index (χ3v) is 5.86. The molecular weight excluding hydrogens is 437 g/mol. The van der Waals surface area contributed by atoms with Crippen LogP contribution in [0.15, 0.2) is 43.0 Å². The van der Waals surface area contributed by atoms with E-state index in [0.717, 1.165) is 22.2 Å². The fourth-order valence-electron chi connectivity index (χ4n) is 4.03. The van der Waals surface area contributed by atoms with E-state index in [9.17, 15) is 4.79 Å². The minimum Gasteiger partial charge on any atom is -0.474 e. The Morgan fingerprint density at radius 1 is 1.18 bits per heavy atom. The van der Waals surface area contributed by atoms with Gasteiger partial charge in [0.15, 0.2) is 0 Å². The van der Waals surface area contributed by atoms with Gasteiger partial charge in [0.25, 0.3) is 0 Å². The second kappa shape index (κ2) is 8.62. The Morgan fingerprint density at radius 2 is 2.03 bits per heavy atom. The molecule has 9 nitrogen and oxygen atoms in total. The Morgan fingerprint density at radius 3 is 2.82 bits per heavy atom. The van der Waals surface area contributed by atoms with Crippen molar-refractivity contribution < 1.29 is 13.9 Å². The number of halogens is 1. The van der Waals surface area contributed by atoms with E-state index in [0.29, 0.717) is 41.4 Å². The lowest BCUT2D eigenvalue weighted by atomic mass is 9.98. The van der Waals surface area contributed by atoms with Crippen LogP contribution in [0.4, 0.5) is 20.7 Å². The molecule has 2 amide bonds. The normalized spacial score (nSPS) is 13.5. The Labute approximate surface area is 195 Å². The van der Waals surface area contributed by atoms with Crippen LogP contribution in [0.2, 0.25) is 0 Å². The van der Waals surface area contributed by atoms with E-state index in [2.05, 4.69) is 31.0 Å². The Bertz CT molecular complexity index is 1400. The van der Waals surface area contributed by atoms with Crippen molar-refractivity contribution in [3.8, 4) is 17.0 Å². The van der Waals surface area contributed by atoms with Crippen molar-refractivity contribution in [1.82, 2.24) is 25.1 Å². The maximum atomic E-state index is 15.0.